The summed E-state index contributed by atoms with van der Waals surface area (Å²) in [6.07, 6.45) is 3.68. The van der Waals surface area contributed by atoms with Crippen LogP contribution in [-0.4, -0.2) is 63.8 Å². The first-order valence-electron chi connectivity index (χ1n) is 12.1. The molecule has 2 aliphatic rings. The van der Waals surface area contributed by atoms with Crippen molar-refractivity contribution < 1.29 is 8.42 Å². The SMILES string of the molecule is CCS(=O)(=O)N1CC(CC#N)(n2cc(-c3nc(Nc4ccc(C5=NNCN=N5)cc4)nc4ccsc34)cn2)C1. The molecule has 0 spiro atoms. The van der Waals surface area contributed by atoms with Gasteiger partial charge >= 0.3 is 0 Å². The first kappa shape index (κ1) is 25.0. The number of benzene rings is 1. The predicted molar refractivity (Wildman–Crippen MR) is 147 cm³/mol. The molecule has 1 aromatic carbocycles. The number of thiophene rings is 1. The average molecular weight is 562 g/mol. The van der Waals surface area contributed by atoms with Gasteiger partial charge in [0.1, 0.15) is 12.2 Å². The zero-order chi connectivity index (χ0) is 27.0. The molecule has 0 saturated carbocycles. The standard InChI is InChI=1S/C24H23N11O2S2/c1-2-39(36,37)34-13-24(14-34,8-9-25)35-12-17(11-28-35)20-21-19(7-10-38-21)30-23(31-20)29-18-5-3-16(4-6-18)22-32-26-15-27-33-22/h3-7,10-12,26H,2,8,13-15H2,1H3,(H,29,30,31). The van der Waals surface area contributed by atoms with Crippen LogP contribution in [-0.2, 0) is 15.6 Å². The van der Waals surface area contributed by atoms with Crippen LogP contribution in [0.4, 0.5) is 11.6 Å². The number of aromatic nitrogens is 4. The fraction of sp³-hybridized carbons (Fsp3) is 0.292. The minimum absolute atomic E-state index is 0.0207. The molecule has 198 valence electrons. The third-order valence-corrected chi connectivity index (χ3v) is 9.33. The molecule has 0 unspecified atom stereocenters. The van der Waals surface area contributed by atoms with E-state index in [2.05, 4.69) is 42.2 Å². The Morgan fingerprint density at radius 3 is 2.72 bits per heavy atom. The number of amidine groups is 1. The minimum Gasteiger partial charge on any atom is -0.324 e. The van der Waals surface area contributed by atoms with Crippen molar-refractivity contribution in [2.45, 2.75) is 18.9 Å². The minimum atomic E-state index is -3.33. The van der Waals surface area contributed by atoms with Crippen LogP contribution in [0.1, 0.15) is 18.9 Å². The molecule has 39 heavy (non-hydrogen) atoms. The first-order valence-corrected chi connectivity index (χ1v) is 14.6. The number of hydrazone groups is 1. The summed E-state index contributed by atoms with van der Waals surface area (Å²) in [6.45, 7) is 2.40. The summed E-state index contributed by atoms with van der Waals surface area (Å²) < 4.78 is 28.6. The highest BCUT2D eigenvalue weighted by Crippen LogP contribution is 2.37. The lowest BCUT2D eigenvalue weighted by Gasteiger charge is -2.47. The van der Waals surface area contributed by atoms with Gasteiger partial charge in [-0.25, -0.2) is 18.4 Å². The quantitative estimate of drug-likeness (QED) is 0.331. The summed E-state index contributed by atoms with van der Waals surface area (Å²) in [4.78, 5) is 9.46. The van der Waals surface area contributed by atoms with Crippen LogP contribution in [0.3, 0.4) is 0 Å². The fourth-order valence-electron chi connectivity index (χ4n) is 4.51. The van der Waals surface area contributed by atoms with Crippen molar-refractivity contribution in [3.8, 4) is 17.3 Å². The highest BCUT2D eigenvalue weighted by Gasteiger charge is 2.49. The molecule has 0 aliphatic carbocycles. The Balaban J connectivity index is 1.28. The van der Waals surface area contributed by atoms with E-state index in [1.807, 2.05) is 41.9 Å². The average Bonchev–Trinajstić information content (AvgIpc) is 3.61. The lowest BCUT2D eigenvalue weighted by atomic mass is 9.89. The number of nitrogens with one attached hydrogen (secondary N) is 2. The third-order valence-electron chi connectivity index (χ3n) is 6.64. The van der Waals surface area contributed by atoms with Gasteiger partial charge in [-0.2, -0.15) is 24.9 Å². The van der Waals surface area contributed by atoms with E-state index >= 15 is 0 Å². The molecule has 1 fully saturated rings. The number of nitriles is 1. The van der Waals surface area contributed by atoms with Gasteiger partial charge in [-0.05, 0) is 42.6 Å². The van der Waals surface area contributed by atoms with Gasteiger partial charge in [0.05, 0.1) is 40.4 Å². The highest BCUT2D eigenvalue weighted by molar-refractivity contribution is 7.89. The lowest BCUT2D eigenvalue weighted by Crippen LogP contribution is -2.64. The molecular formula is C24H23N11O2S2. The first-order chi connectivity index (χ1) is 18.9. The summed E-state index contributed by atoms with van der Waals surface area (Å²) in [5.74, 6) is 0.954. The summed E-state index contributed by atoms with van der Waals surface area (Å²) in [7, 11) is -3.33. The molecule has 13 nitrogen and oxygen atoms in total. The Kier molecular flexibility index (Phi) is 6.29. The van der Waals surface area contributed by atoms with Gasteiger partial charge in [0, 0.05) is 36.1 Å². The molecule has 0 amide bonds. The van der Waals surface area contributed by atoms with Gasteiger partial charge in [0.2, 0.25) is 16.0 Å². The highest BCUT2D eigenvalue weighted by atomic mass is 32.2. The van der Waals surface area contributed by atoms with Crippen LogP contribution >= 0.6 is 11.3 Å². The van der Waals surface area contributed by atoms with Gasteiger partial charge in [-0.1, -0.05) is 0 Å². The van der Waals surface area contributed by atoms with Gasteiger partial charge < -0.3 is 5.32 Å². The van der Waals surface area contributed by atoms with E-state index in [1.54, 1.807) is 17.8 Å². The van der Waals surface area contributed by atoms with Crippen molar-refractivity contribution in [1.82, 2.24) is 29.5 Å². The Morgan fingerprint density at radius 1 is 1.18 bits per heavy atom. The molecule has 0 radical (unpaired) electrons. The van der Waals surface area contributed by atoms with Crippen molar-refractivity contribution in [2.24, 2.45) is 15.3 Å². The Labute approximate surface area is 228 Å². The van der Waals surface area contributed by atoms with Gasteiger partial charge in [0.15, 0.2) is 5.84 Å². The summed E-state index contributed by atoms with van der Waals surface area (Å²) >= 11 is 1.53. The molecule has 0 atom stereocenters. The molecule has 2 aliphatic heterocycles. The number of nitrogens with zero attached hydrogens (tertiary/aromatic N) is 9. The maximum absolute atomic E-state index is 12.3. The van der Waals surface area contributed by atoms with E-state index in [1.165, 1.54) is 15.6 Å². The van der Waals surface area contributed by atoms with E-state index < -0.39 is 15.6 Å². The number of anilines is 2. The van der Waals surface area contributed by atoms with Crippen molar-refractivity contribution >= 4 is 49.0 Å². The number of rotatable bonds is 8. The summed E-state index contributed by atoms with van der Waals surface area (Å²) in [5, 5.41) is 31.4. The molecule has 4 aromatic rings. The van der Waals surface area contributed by atoms with Crippen LogP contribution in [0.25, 0.3) is 21.5 Å². The van der Waals surface area contributed by atoms with Crippen LogP contribution in [0.5, 0.6) is 0 Å². The second-order valence-corrected chi connectivity index (χ2v) is 12.3. The Hall–Kier alpha value is -4.26. The number of hydrogen-bond acceptors (Lipinski definition) is 12. The number of sulfonamides is 1. The molecule has 0 bridgehead atoms. The van der Waals surface area contributed by atoms with Crippen LogP contribution in [0.15, 0.2) is 63.4 Å². The molecule has 5 heterocycles. The van der Waals surface area contributed by atoms with E-state index in [4.69, 9.17) is 4.98 Å². The van der Waals surface area contributed by atoms with Crippen LogP contribution in [0.2, 0.25) is 0 Å². The molecule has 15 heteroatoms. The monoisotopic (exact) mass is 561 g/mol. The number of fused-ring (bicyclic) bond motifs is 1. The smallest absolute Gasteiger partial charge is 0.228 e. The van der Waals surface area contributed by atoms with Gasteiger partial charge in [-0.15, -0.1) is 16.5 Å². The van der Waals surface area contributed by atoms with Crippen LogP contribution < -0.4 is 10.7 Å². The van der Waals surface area contributed by atoms with Crippen molar-refractivity contribution in [2.75, 3.05) is 30.8 Å². The molecular weight excluding hydrogens is 538 g/mol. The Morgan fingerprint density at radius 2 is 2.00 bits per heavy atom. The van der Waals surface area contributed by atoms with E-state index in [9.17, 15) is 13.7 Å². The largest absolute Gasteiger partial charge is 0.324 e. The summed E-state index contributed by atoms with van der Waals surface area (Å²) in [5.41, 5.74) is 5.95. The van der Waals surface area contributed by atoms with Crippen molar-refractivity contribution in [3.05, 3.63) is 53.7 Å². The van der Waals surface area contributed by atoms with Crippen LogP contribution in [0, 0.1) is 11.3 Å². The van der Waals surface area contributed by atoms with E-state index in [-0.39, 0.29) is 25.3 Å². The van der Waals surface area contributed by atoms with Gasteiger partial charge in [0.25, 0.3) is 0 Å². The zero-order valence-electron chi connectivity index (χ0n) is 20.8. The molecule has 1 saturated heterocycles. The molecule has 3 aromatic heterocycles. The molecule has 2 N–H and O–H groups in total. The second kappa shape index (κ2) is 9.80. The lowest BCUT2D eigenvalue weighted by molar-refractivity contribution is 0.0719. The van der Waals surface area contributed by atoms with Crippen molar-refractivity contribution in [3.63, 3.8) is 0 Å². The van der Waals surface area contributed by atoms with E-state index in [0.717, 1.165) is 27.0 Å². The topological polar surface area (TPSA) is 166 Å². The fourth-order valence-corrected chi connectivity index (χ4v) is 6.60. The predicted octanol–water partition coefficient (Wildman–Crippen LogP) is 3.25. The summed E-state index contributed by atoms with van der Waals surface area (Å²) in [6, 6.07) is 11.7. The van der Waals surface area contributed by atoms with Gasteiger partial charge in [-0.3, -0.25) is 10.1 Å². The number of hydrogen-bond donors (Lipinski definition) is 2. The second-order valence-electron chi connectivity index (χ2n) is 9.13. The Bertz CT molecular complexity index is 1740. The third kappa shape index (κ3) is 4.62. The van der Waals surface area contributed by atoms with Crippen molar-refractivity contribution in [1.29, 1.82) is 5.26 Å². The zero-order valence-corrected chi connectivity index (χ0v) is 22.4. The number of azo groups is 1. The normalized spacial score (nSPS) is 16.8. The molecule has 6 rings (SSSR count). The maximum Gasteiger partial charge on any atom is 0.228 e. The van der Waals surface area contributed by atoms with E-state index in [0.29, 0.717) is 24.1 Å². The maximum atomic E-state index is 12.3.